The molecule has 2 saturated heterocycles. The molecule has 4 aliphatic rings. The molecular formula is C21H28F2N4O. The van der Waals surface area contributed by atoms with Gasteiger partial charge in [0.15, 0.2) is 0 Å². The minimum atomic E-state index is -2.86. The normalized spacial score (nSPS) is 33.0. The third-order valence-corrected chi connectivity index (χ3v) is 7.26. The number of piperidine rings is 2. The first-order valence-electron chi connectivity index (χ1n) is 10.7. The Balaban J connectivity index is 1.46. The highest BCUT2D eigenvalue weighted by Gasteiger charge is 2.56. The minimum Gasteiger partial charge on any atom is -0.356 e. The van der Waals surface area contributed by atoms with E-state index < -0.39 is 5.92 Å². The molecule has 0 spiro atoms. The van der Waals surface area contributed by atoms with Crippen molar-refractivity contribution >= 4 is 17.5 Å². The molecule has 1 saturated carbocycles. The van der Waals surface area contributed by atoms with Crippen LogP contribution in [0.3, 0.4) is 0 Å². The van der Waals surface area contributed by atoms with E-state index in [1.165, 1.54) is 6.42 Å². The van der Waals surface area contributed by atoms with Crippen molar-refractivity contribution in [1.29, 1.82) is 0 Å². The largest absolute Gasteiger partial charge is 0.356 e. The Labute approximate surface area is 164 Å². The van der Waals surface area contributed by atoms with Crippen LogP contribution in [0.15, 0.2) is 0 Å². The second-order valence-corrected chi connectivity index (χ2v) is 9.22. The molecule has 3 heterocycles. The Morgan fingerprint density at radius 2 is 1.96 bits per heavy atom. The summed E-state index contributed by atoms with van der Waals surface area (Å²) in [5.74, 6) is 0.0805. The van der Waals surface area contributed by atoms with E-state index in [0.717, 1.165) is 38.3 Å². The molecule has 0 N–H and O–H groups in total. The van der Waals surface area contributed by atoms with Gasteiger partial charge in [0, 0.05) is 44.1 Å². The number of halogens is 2. The van der Waals surface area contributed by atoms with Crippen molar-refractivity contribution < 1.29 is 13.6 Å². The zero-order chi connectivity index (χ0) is 19.6. The monoisotopic (exact) mass is 390 g/mol. The lowest BCUT2D eigenvalue weighted by molar-refractivity contribution is -0.117. The lowest BCUT2D eigenvalue weighted by atomic mass is 10.0. The van der Waals surface area contributed by atoms with Gasteiger partial charge in [0.05, 0.1) is 0 Å². The molecule has 5 nitrogen and oxygen atoms in total. The first kappa shape index (κ1) is 18.3. The Kier molecular flexibility index (Phi) is 4.14. The molecule has 0 aromatic carbocycles. The highest BCUT2D eigenvalue weighted by atomic mass is 19.3. The van der Waals surface area contributed by atoms with Crippen molar-refractivity contribution in [3.63, 3.8) is 0 Å². The first-order valence-corrected chi connectivity index (χ1v) is 10.7. The summed E-state index contributed by atoms with van der Waals surface area (Å²) in [4.78, 5) is 25.0. The van der Waals surface area contributed by atoms with E-state index in [2.05, 4.69) is 21.7 Å². The Morgan fingerprint density at radius 3 is 2.64 bits per heavy atom. The molecule has 7 heteroatoms. The molecule has 3 fully saturated rings. The van der Waals surface area contributed by atoms with E-state index in [1.54, 1.807) is 6.92 Å². The molecule has 28 heavy (non-hydrogen) atoms. The number of hydrogen-bond donors (Lipinski definition) is 0. The predicted octanol–water partition coefficient (Wildman–Crippen LogP) is 3.55. The summed E-state index contributed by atoms with van der Waals surface area (Å²) < 4.78 is 29.1. The number of alkyl halides is 2. The summed E-state index contributed by atoms with van der Waals surface area (Å²) in [5, 5.41) is 0. The summed E-state index contributed by atoms with van der Waals surface area (Å²) in [6.45, 7) is 6.26. The maximum atomic E-state index is 14.6. The smallest absolute Gasteiger partial charge is 0.290 e. The van der Waals surface area contributed by atoms with Crippen LogP contribution in [0.1, 0.15) is 57.2 Å². The van der Waals surface area contributed by atoms with E-state index in [9.17, 15) is 13.6 Å². The van der Waals surface area contributed by atoms with Crippen LogP contribution in [0, 0.1) is 17.8 Å². The van der Waals surface area contributed by atoms with Crippen molar-refractivity contribution in [2.45, 2.75) is 64.3 Å². The van der Waals surface area contributed by atoms with Crippen LogP contribution >= 0.6 is 0 Å². The molecule has 5 rings (SSSR count). The number of carbonyl (C=O) groups is 1. The minimum absolute atomic E-state index is 0.0499. The predicted molar refractivity (Wildman–Crippen MR) is 103 cm³/mol. The molecule has 1 aromatic rings. The summed E-state index contributed by atoms with van der Waals surface area (Å²) in [6, 6.07) is 0.279. The van der Waals surface area contributed by atoms with Gasteiger partial charge < -0.3 is 14.6 Å². The van der Waals surface area contributed by atoms with Crippen molar-refractivity contribution in [3.05, 3.63) is 11.3 Å². The van der Waals surface area contributed by atoms with Gasteiger partial charge in [-0.2, -0.15) is 13.8 Å². The molecule has 0 amide bonds. The molecule has 1 aromatic heterocycles. The van der Waals surface area contributed by atoms with Gasteiger partial charge in [-0.05, 0) is 57.3 Å². The molecule has 4 atom stereocenters. The molecule has 0 radical (unpaired) electrons. The fourth-order valence-corrected chi connectivity index (χ4v) is 5.64. The van der Waals surface area contributed by atoms with Gasteiger partial charge in [0.25, 0.3) is 5.92 Å². The van der Waals surface area contributed by atoms with E-state index >= 15 is 0 Å². The van der Waals surface area contributed by atoms with Gasteiger partial charge in [0.1, 0.15) is 17.3 Å². The summed E-state index contributed by atoms with van der Waals surface area (Å²) in [5.41, 5.74) is 0.592. The number of ketones is 1. The van der Waals surface area contributed by atoms with Gasteiger partial charge in [-0.15, -0.1) is 0 Å². The maximum absolute atomic E-state index is 14.6. The Morgan fingerprint density at radius 1 is 1.21 bits per heavy atom. The van der Waals surface area contributed by atoms with Gasteiger partial charge in [-0.3, -0.25) is 0 Å². The van der Waals surface area contributed by atoms with Gasteiger partial charge in [0.2, 0.25) is 5.95 Å². The van der Waals surface area contributed by atoms with E-state index in [1.807, 2.05) is 0 Å². The van der Waals surface area contributed by atoms with Crippen LogP contribution in [-0.4, -0.2) is 41.4 Å². The lowest BCUT2D eigenvalue weighted by Gasteiger charge is -2.34. The van der Waals surface area contributed by atoms with Crippen LogP contribution in [0.25, 0.3) is 0 Å². The van der Waals surface area contributed by atoms with E-state index in [4.69, 9.17) is 4.98 Å². The van der Waals surface area contributed by atoms with Crippen molar-refractivity contribution in [2.24, 2.45) is 17.8 Å². The second-order valence-electron chi connectivity index (χ2n) is 9.22. The lowest BCUT2D eigenvalue weighted by Crippen LogP contribution is -2.39. The number of aromatic nitrogens is 2. The zero-order valence-electron chi connectivity index (χ0n) is 16.6. The SMILES string of the molecule is CC(=O)CC1[C@H]2CN(c3nc(N4CCCC[C@@H]4C)nc4c3CCC4(F)F)C[C@@H]12. The number of rotatable bonds is 4. The van der Waals surface area contributed by atoms with Gasteiger partial charge in [-0.1, -0.05) is 0 Å². The second kappa shape index (κ2) is 6.36. The molecule has 2 aliphatic carbocycles. The summed E-state index contributed by atoms with van der Waals surface area (Å²) in [6.07, 6.45) is 4.09. The van der Waals surface area contributed by atoms with Crippen LogP contribution in [0.4, 0.5) is 20.5 Å². The summed E-state index contributed by atoms with van der Waals surface area (Å²) >= 11 is 0. The van der Waals surface area contributed by atoms with E-state index in [0.29, 0.717) is 42.1 Å². The van der Waals surface area contributed by atoms with Crippen molar-refractivity contribution in [2.75, 3.05) is 29.4 Å². The highest BCUT2D eigenvalue weighted by Crippen LogP contribution is 2.55. The van der Waals surface area contributed by atoms with Crippen LogP contribution in [-0.2, 0) is 17.1 Å². The van der Waals surface area contributed by atoms with Gasteiger partial charge in [-0.25, -0.2) is 4.98 Å². The maximum Gasteiger partial charge on any atom is 0.290 e. The third-order valence-electron chi connectivity index (χ3n) is 7.26. The third kappa shape index (κ3) is 2.89. The first-order chi connectivity index (χ1) is 13.3. The highest BCUT2D eigenvalue weighted by molar-refractivity contribution is 5.76. The molecular weight excluding hydrogens is 362 g/mol. The van der Waals surface area contributed by atoms with Crippen LogP contribution in [0.5, 0.6) is 0 Å². The number of hydrogen-bond acceptors (Lipinski definition) is 5. The fourth-order valence-electron chi connectivity index (χ4n) is 5.64. The van der Waals surface area contributed by atoms with Gasteiger partial charge >= 0.3 is 0 Å². The molecule has 1 unspecified atom stereocenters. The van der Waals surface area contributed by atoms with Crippen molar-refractivity contribution in [3.8, 4) is 0 Å². The number of anilines is 2. The van der Waals surface area contributed by atoms with E-state index in [-0.39, 0.29) is 23.9 Å². The number of fused-ring (bicyclic) bond motifs is 2. The fraction of sp³-hybridized carbons (Fsp3) is 0.762. The zero-order valence-corrected chi connectivity index (χ0v) is 16.6. The van der Waals surface area contributed by atoms with Crippen LogP contribution in [0.2, 0.25) is 0 Å². The Bertz CT molecular complexity index is 802. The Hall–Kier alpha value is -1.79. The molecule has 0 bridgehead atoms. The average molecular weight is 390 g/mol. The number of nitrogens with zero attached hydrogens (tertiary/aromatic N) is 4. The quantitative estimate of drug-likeness (QED) is 0.787. The number of Topliss-reactive ketones (excluding diaryl/α,β-unsaturated/α-hetero) is 1. The van der Waals surface area contributed by atoms with Crippen molar-refractivity contribution in [1.82, 2.24) is 9.97 Å². The number of carbonyl (C=O) groups excluding carboxylic acids is 1. The standard InChI is InChI=1S/C21H28F2N4O/c1-12-5-3-4-8-27(12)20-24-18-14(6-7-21(18,22)23)19(25-20)26-10-16-15(9-13(2)28)17(16)11-26/h12,15-17H,3-11H2,1-2H3/t12-,15?,16-,17+/m0/s1. The average Bonchev–Trinajstić information content (AvgIpc) is 2.99. The summed E-state index contributed by atoms with van der Waals surface area (Å²) in [7, 11) is 0. The molecule has 2 aliphatic heterocycles. The van der Waals surface area contributed by atoms with Crippen LogP contribution < -0.4 is 9.80 Å². The molecule has 152 valence electrons. The topological polar surface area (TPSA) is 49.3 Å².